The number of carboxylic acid groups (broad SMARTS) is 1. The molecule has 4 rings (SSSR count). The Morgan fingerprint density at radius 3 is 2.38 bits per heavy atom. The van der Waals surface area contributed by atoms with Crippen LogP contribution in [-0.4, -0.2) is 26.0 Å². The summed E-state index contributed by atoms with van der Waals surface area (Å²) >= 11 is 0. The van der Waals surface area contributed by atoms with Crippen molar-refractivity contribution in [3.63, 3.8) is 0 Å². The minimum Gasteiger partial charge on any atom is -0.478 e. The van der Waals surface area contributed by atoms with Gasteiger partial charge in [0.1, 0.15) is 11.3 Å². The topological polar surface area (TPSA) is 88.0 Å². The maximum atomic E-state index is 10.9. The summed E-state index contributed by atoms with van der Waals surface area (Å²) in [6.07, 6.45) is 1.73. The van der Waals surface area contributed by atoms with E-state index in [0.717, 1.165) is 16.9 Å². The Morgan fingerprint density at radius 1 is 0.885 bits per heavy atom. The Kier molecular flexibility index (Phi) is 3.99. The first-order valence-corrected chi connectivity index (χ1v) is 7.99. The van der Waals surface area contributed by atoms with Gasteiger partial charge in [0.25, 0.3) is 0 Å². The highest BCUT2D eigenvalue weighted by molar-refractivity contribution is 5.88. The predicted octanol–water partition coefficient (Wildman–Crippen LogP) is 4.13. The number of aromatic nitrogens is 3. The van der Waals surface area contributed by atoms with Gasteiger partial charge >= 0.3 is 5.97 Å². The first kappa shape index (κ1) is 15.7. The molecule has 126 valence electrons. The van der Waals surface area contributed by atoms with Crippen molar-refractivity contribution in [1.29, 1.82) is 0 Å². The van der Waals surface area contributed by atoms with Crippen molar-refractivity contribution < 1.29 is 9.90 Å². The Balaban J connectivity index is 1.64. The number of benzene rings is 2. The molecule has 0 saturated carbocycles. The van der Waals surface area contributed by atoms with Gasteiger partial charge in [-0.15, -0.1) is 0 Å². The summed E-state index contributed by atoms with van der Waals surface area (Å²) in [6, 6.07) is 19.9. The van der Waals surface area contributed by atoms with Gasteiger partial charge in [0, 0.05) is 11.3 Å². The molecule has 0 amide bonds. The maximum Gasteiger partial charge on any atom is 0.335 e. The van der Waals surface area contributed by atoms with Gasteiger partial charge in [-0.2, -0.15) is 0 Å². The third kappa shape index (κ3) is 3.21. The van der Waals surface area contributed by atoms with Gasteiger partial charge in [0.2, 0.25) is 0 Å². The lowest BCUT2D eigenvalue weighted by Crippen LogP contribution is -1.98. The third-order valence-corrected chi connectivity index (χ3v) is 3.88. The van der Waals surface area contributed by atoms with E-state index in [2.05, 4.69) is 20.3 Å². The molecule has 6 nitrogen and oxygen atoms in total. The van der Waals surface area contributed by atoms with Crippen LogP contribution in [0.25, 0.3) is 22.4 Å². The number of fused-ring (bicyclic) bond motifs is 1. The fourth-order valence-corrected chi connectivity index (χ4v) is 2.56. The Hall–Kier alpha value is -3.80. The molecule has 0 fully saturated rings. The van der Waals surface area contributed by atoms with Crippen LogP contribution in [0.2, 0.25) is 0 Å². The maximum absolute atomic E-state index is 10.9. The van der Waals surface area contributed by atoms with Crippen LogP contribution < -0.4 is 5.32 Å². The predicted molar refractivity (Wildman–Crippen MR) is 99.5 cm³/mol. The van der Waals surface area contributed by atoms with E-state index in [4.69, 9.17) is 5.11 Å². The van der Waals surface area contributed by atoms with Crippen LogP contribution >= 0.6 is 0 Å². The van der Waals surface area contributed by atoms with Crippen LogP contribution in [0.5, 0.6) is 0 Å². The number of carbonyl (C=O) groups is 1. The van der Waals surface area contributed by atoms with Crippen LogP contribution in [0.15, 0.2) is 72.9 Å². The van der Waals surface area contributed by atoms with Crippen molar-refractivity contribution >= 4 is 28.6 Å². The second kappa shape index (κ2) is 6.60. The zero-order valence-corrected chi connectivity index (χ0v) is 13.6. The lowest BCUT2D eigenvalue weighted by Gasteiger charge is -2.07. The second-order valence-corrected chi connectivity index (χ2v) is 5.67. The summed E-state index contributed by atoms with van der Waals surface area (Å²) < 4.78 is 0. The quantitative estimate of drug-likeness (QED) is 0.580. The molecular weight excluding hydrogens is 328 g/mol. The molecule has 6 heteroatoms. The fraction of sp³-hybridized carbons (Fsp3) is 0. The molecule has 0 unspecified atom stereocenters. The zero-order valence-electron chi connectivity index (χ0n) is 13.6. The summed E-state index contributed by atoms with van der Waals surface area (Å²) in [5, 5.41) is 12.1. The molecule has 2 N–H and O–H groups in total. The molecule has 0 saturated heterocycles. The highest BCUT2D eigenvalue weighted by Gasteiger charge is 2.06. The average molecular weight is 342 g/mol. The highest BCUT2D eigenvalue weighted by Crippen LogP contribution is 2.21. The number of hydrogen-bond donors (Lipinski definition) is 2. The molecule has 0 aliphatic rings. The molecule has 2 aromatic carbocycles. The highest BCUT2D eigenvalue weighted by atomic mass is 16.4. The van der Waals surface area contributed by atoms with Gasteiger partial charge in [0.15, 0.2) is 5.65 Å². The monoisotopic (exact) mass is 342 g/mol. The summed E-state index contributed by atoms with van der Waals surface area (Å²) in [6.45, 7) is 0. The summed E-state index contributed by atoms with van der Waals surface area (Å²) in [7, 11) is 0. The minimum atomic E-state index is -0.955. The van der Waals surface area contributed by atoms with E-state index >= 15 is 0 Å². The van der Waals surface area contributed by atoms with Gasteiger partial charge in [-0.05, 0) is 36.4 Å². The van der Waals surface area contributed by atoms with E-state index in [1.807, 2.05) is 42.5 Å². The standard InChI is InChI=1S/C20H14N4O2/c25-20(26)14-6-8-15(9-7-14)22-18-11-10-16-19(24-18)23-17(12-21-16)13-4-2-1-3-5-13/h1-12H,(H,25,26)(H,22,23,24). The van der Waals surface area contributed by atoms with Gasteiger partial charge in [-0.1, -0.05) is 30.3 Å². The van der Waals surface area contributed by atoms with E-state index in [-0.39, 0.29) is 5.56 Å². The van der Waals surface area contributed by atoms with E-state index in [1.54, 1.807) is 30.5 Å². The molecule has 0 bridgehead atoms. The molecule has 0 aliphatic carbocycles. The number of pyridine rings is 1. The van der Waals surface area contributed by atoms with E-state index in [0.29, 0.717) is 17.0 Å². The van der Waals surface area contributed by atoms with E-state index in [1.165, 1.54) is 0 Å². The Bertz CT molecular complexity index is 1080. The lowest BCUT2D eigenvalue weighted by molar-refractivity contribution is 0.0697. The third-order valence-electron chi connectivity index (χ3n) is 3.88. The Labute approximate surface area is 149 Å². The first-order valence-electron chi connectivity index (χ1n) is 7.99. The molecule has 26 heavy (non-hydrogen) atoms. The zero-order chi connectivity index (χ0) is 17.9. The van der Waals surface area contributed by atoms with Gasteiger partial charge < -0.3 is 10.4 Å². The molecule has 4 aromatic rings. The van der Waals surface area contributed by atoms with Crippen LogP contribution in [0.1, 0.15) is 10.4 Å². The van der Waals surface area contributed by atoms with Crippen molar-refractivity contribution in [2.45, 2.75) is 0 Å². The largest absolute Gasteiger partial charge is 0.478 e. The van der Waals surface area contributed by atoms with E-state index < -0.39 is 5.97 Å². The molecule has 0 spiro atoms. The molecule has 0 atom stereocenters. The lowest BCUT2D eigenvalue weighted by atomic mass is 10.2. The number of aromatic carboxylic acids is 1. The average Bonchev–Trinajstić information content (AvgIpc) is 2.68. The van der Waals surface area contributed by atoms with Crippen LogP contribution in [-0.2, 0) is 0 Å². The SMILES string of the molecule is O=C(O)c1ccc(Nc2ccc3ncc(-c4ccccc4)nc3n2)cc1. The normalized spacial score (nSPS) is 10.6. The number of nitrogens with one attached hydrogen (secondary N) is 1. The van der Waals surface area contributed by atoms with E-state index in [9.17, 15) is 4.79 Å². The summed E-state index contributed by atoms with van der Waals surface area (Å²) in [4.78, 5) is 24.4. The first-order chi connectivity index (χ1) is 12.7. The van der Waals surface area contributed by atoms with Crippen LogP contribution in [0.3, 0.4) is 0 Å². The number of rotatable bonds is 4. The van der Waals surface area contributed by atoms with Gasteiger partial charge in [-0.3, -0.25) is 4.98 Å². The van der Waals surface area contributed by atoms with Crippen LogP contribution in [0.4, 0.5) is 11.5 Å². The summed E-state index contributed by atoms with van der Waals surface area (Å²) in [5.74, 6) is -0.343. The molecule has 2 aromatic heterocycles. The van der Waals surface area contributed by atoms with Crippen molar-refractivity contribution in [2.75, 3.05) is 5.32 Å². The molecule has 0 radical (unpaired) electrons. The fourth-order valence-electron chi connectivity index (χ4n) is 2.56. The second-order valence-electron chi connectivity index (χ2n) is 5.67. The van der Waals surface area contributed by atoms with Crippen molar-refractivity contribution in [3.05, 3.63) is 78.5 Å². The molecular formula is C20H14N4O2. The van der Waals surface area contributed by atoms with Crippen LogP contribution in [0, 0.1) is 0 Å². The molecule has 2 heterocycles. The van der Waals surface area contributed by atoms with Crippen molar-refractivity contribution in [1.82, 2.24) is 15.0 Å². The van der Waals surface area contributed by atoms with Gasteiger partial charge in [-0.25, -0.2) is 14.8 Å². The summed E-state index contributed by atoms with van der Waals surface area (Å²) in [5.41, 5.74) is 3.96. The smallest absolute Gasteiger partial charge is 0.335 e. The van der Waals surface area contributed by atoms with Crippen molar-refractivity contribution in [2.24, 2.45) is 0 Å². The molecule has 0 aliphatic heterocycles. The number of nitrogens with zero attached hydrogens (tertiary/aromatic N) is 3. The Morgan fingerprint density at radius 2 is 1.65 bits per heavy atom. The van der Waals surface area contributed by atoms with Gasteiger partial charge in [0.05, 0.1) is 17.5 Å². The number of hydrogen-bond acceptors (Lipinski definition) is 5. The number of carboxylic acids is 1. The minimum absolute atomic E-state index is 0.236. The number of anilines is 2. The van der Waals surface area contributed by atoms with Crippen molar-refractivity contribution in [3.8, 4) is 11.3 Å².